The molecule has 266 valence electrons. The summed E-state index contributed by atoms with van der Waals surface area (Å²) in [4.78, 5) is 8.08. The number of hydrogen-bond acceptors (Lipinski definition) is 5. The van der Waals surface area contributed by atoms with Gasteiger partial charge < -0.3 is 21.3 Å². The van der Waals surface area contributed by atoms with Gasteiger partial charge in [0, 0.05) is 51.9 Å². The molecule has 0 aromatic rings. The zero-order valence-corrected chi connectivity index (χ0v) is 30.7. The van der Waals surface area contributed by atoms with E-state index in [9.17, 15) is 0 Å². The maximum atomic E-state index is 6.04. The third-order valence-electron chi connectivity index (χ3n) is 9.82. The highest BCUT2D eigenvalue weighted by atomic mass is 15.3. The average molecular weight is 632 g/mol. The van der Waals surface area contributed by atoms with E-state index in [1.54, 1.807) is 0 Å². The lowest BCUT2D eigenvalue weighted by atomic mass is 10.1. The van der Waals surface area contributed by atoms with Crippen LogP contribution in [-0.2, 0) is 0 Å². The zero-order chi connectivity index (χ0) is 32.5. The van der Waals surface area contributed by atoms with Gasteiger partial charge >= 0.3 is 0 Å². The first kappa shape index (κ1) is 42.3. The Balaban J connectivity index is 2.20. The van der Waals surface area contributed by atoms with Gasteiger partial charge in [-0.15, -0.1) is 0 Å². The van der Waals surface area contributed by atoms with Crippen molar-refractivity contribution in [3.8, 4) is 0 Å². The number of hydrogen-bond donors (Lipinski definition) is 2. The van der Waals surface area contributed by atoms with Crippen LogP contribution in [0.5, 0.6) is 0 Å². The van der Waals surface area contributed by atoms with Crippen LogP contribution in [-0.4, -0.2) is 86.2 Å². The fourth-order valence-corrected chi connectivity index (χ4v) is 6.47. The lowest BCUT2D eigenvalue weighted by molar-refractivity contribution is 0.115. The van der Waals surface area contributed by atoms with Crippen molar-refractivity contribution in [3.05, 3.63) is 24.3 Å². The van der Waals surface area contributed by atoms with Crippen LogP contribution in [0.25, 0.3) is 0 Å². The molecule has 1 heterocycles. The van der Waals surface area contributed by atoms with Gasteiger partial charge in [0.1, 0.15) is 0 Å². The van der Waals surface area contributed by atoms with E-state index < -0.39 is 0 Å². The third-order valence-corrected chi connectivity index (χ3v) is 9.82. The summed E-state index contributed by atoms with van der Waals surface area (Å²) in [6, 6.07) is 0.155. The summed E-state index contributed by atoms with van der Waals surface area (Å²) in [6.45, 7) is 16.1. The molecule has 1 rings (SSSR count). The Morgan fingerprint density at radius 1 is 0.533 bits per heavy atom. The van der Waals surface area contributed by atoms with E-state index >= 15 is 0 Å². The van der Waals surface area contributed by atoms with Crippen LogP contribution in [0.3, 0.4) is 0 Å². The van der Waals surface area contributed by atoms with E-state index in [2.05, 4.69) is 52.9 Å². The molecule has 0 saturated carbocycles. The molecule has 0 spiro atoms. The summed E-state index contributed by atoms with van der Waals surface area (Å²) < 4.78 is 0. The maximum Gasteiger partial charge on any atom is 0.0175 e. The molecule has 1 unspecified atom stereocenters. The number of unbranched alkanes of at least 4 members (excludes halogenated alkanes) is 18. The summed E-state index contributed by atoms with van der Waals surface area (Å²) in [5.74, 6) is 0. The molecule has 1 aliphatic rings. The third kappa shape index (κ3) is 28.0. The topological polar surface area (TPSA) is 61.8 Å². The van der Waals surface area contributed by atoms with Gasteiger partial charge in [0.15, 0.2) is 0 Å². The Bertz CT molecular complexity index is 643. The van der Waals surface area contributed by atoms with Gasteiger partial charge in [-0.05, 0) is 71.0 Å². The predicted octanol–water partition coefficient (Wildman–Crippen LogP) is 9.32. The molecule has 1 atom stereocenters. The zero-order valence-electron chi connectivity index (χ0n) is 30.7. The average Bonchev–Trinajstić information content (AvgIpc) is 3.06. The molecule has 0 bridgehead atoms. The molecule has 0 radical (unpaired) electrons. The van der Waals surface area contributed by atoms with Crippen LogP contribution in [0.1, 0.15) is 162 Å². The largest absolute Gasteiger partial charge is 0.329 e. The van der Waals surface area contributed by atoms with Crippen molar-refractivity contribution in [2.24, 2.45) is 11.5 Å². The van der Waals surface area contributed by atoms with Crippen molar-refractivity contribution in [3.63, 3.8) is 0 Å². The molecular weight excluding hydrogens is 550 g/mol. The molecule has 0 amide bonds. The SMILES string of the molecule is CCCCC/C=C\C/C=C\CCCCCCCCN(CCCCCCCCCCCC)CCN1CCN(CCC(N)CN)CC1. The monoisotopic (exact) mass is 632 g/mol. The molecule has 0 aromatic heterocycles. The first-order valence-electron chi connectivity index (χ1n) is 20.1. The van der Waals surface area contributed by atoms with Gasteiger partial charge in [-0.25, -0.2) is 0 Å². The van der Waals surface area contributed by atoms with E-state index in [1.807, 2.05) is 0 Å². The molecular formula is C40H81N5. The highest BCUT2D eigenvalue weighted by Crippen LogP contribution is 2.13. The normalized spacial score (nSPS) is 15.8. The first-order valence-corrected chi connectivity index (χ1v) is 20.1. The second kappa shape index (κ2) is 33.2. The Morgan fingerprint density at radius 2 is 0.956 bits per heavy atom. The number of nitrogens with zero attached hydrogens (tertiary/aromatic N) is 3. The Hall–Kier alpha value is -0.720. The Kier molecular flexibility index (Phi) is 31.2. The smallest absolute Gasteiger partial charge is 0.0175 e. The number of piperazine rings is 1. The summed E-state index contributed by atoms with van der Waals surface area (Å²) >= 11 is 0. The number of rotatable bonds is 33. The highest BCUT2D eigenvalue weighted by molar-refractivity contribution is 4.92. The summed E-state index contributed by atoms with van der Waals surface area (Å²) in [5, 5.41) is 0. The van der Waals surface area contributed by atoms with Gasteiger partial charge in [0.25, 0.3) is 0 Å². The van der Waals surface area contributed by atoms with Crippen LogP contribution in [0.15, 0.2) is 24.3 Å². The van der Waals surface area contributed by atoms with Crippen LogP contribution in [0.4, 0.5) is 0 Å². The molecule has 4 N–H and O–H groups in total. The van der Waals surface area contributed by atoms with Crippen molar-refractivity contribution in [2.45, 2.75) is 168 Å². The van der Waals surface area contributed by atoms with Gasteiger partial charge in [-0.1, -0.05) is 134 Å². The molecule has 45 heavy (non-hydrogen) atoms. The quantitative estimate of drug-likeness (QED) is 0.0558. The molecule has 1 saturated heterocycles. The van der Waals surface area contributed by atoms with Crippen LogP contribution in [0, 0.1) is 0 Å². The fraction of sp³-hybridized carbons (Fsp3) is 0.900. The van der Waals surface area contributed by atoms with E-state index in [0.717, 1.165) is 19.4 Å². The Morgan fingerprint density at radius 3 is 1.47 bits per heavy atom. The highest BCUT2D eigenvalue weighted by Gasteiger charge is 2.18. The van der Waals surface area contributed by atoms with Gasteiger partial charge in [-0.3, -0.25) is 4.90 Å². The summed E-state index contributed by atoms with van der Waals surface area (Å²) in [5.41, 5.74) is 11.7. The van der Waals surface area contributed by atoms with Crippen molar-refractivity contribution in [1.82, 2.24) is 14.7 Å². The van der Waals surface area contributed by atoms with Crippen molar-refractivity contribution in [1.29, 1.82) is 0 Å². The van der Waals surface area contributed by atoms with E-state index in [-0.39, 0.29) is 6.04 Å². The second-order valence-electron chi connectivity index (χ2n) is 14.1. The summed E-state index contributed by atoms with van der Waals surface area (Å²) in [6.07, 6.45) is 40.7. The van der Waals surface area contributed by atoms with Crippen molar-refractivity contribution < 1.29 is 0 Å². The van der Waals surface area contributed by atoms with E-state index in [0.29, 0.717) is 6.54 Å². The van der Waals surface area contributed by atoms with Crippen molar-refractivity contribution in [2.75, 3.05) is 65.4 Å². The Labute approximate surface area is 283 Å². The molecule has 5 nitrogen and oxygen atoms in total. The van der Waals surface area contributed by atoms with Gasteiger partial charge in [-0.2, -0.15) is 0 Å². The van der Waals surface area contributed by atoms with E-state index in [1.165, 1.54) is 187 Å². The lowest BCUT2D eigenvalue weighted by Crippen LogP contribution is -2.49. The van der Waals surface area contributed by atoms with Crippen LogP contribution < -0.4 is 11.5 Å². The molecule has 0 aromatic carbocycles. The standard InChI is InChI=1S/C40H81N5/c1-3-5-7-9-11-13-15-16-17-18-19-20-22-24-26-28-31-43(30-27-25-23-21-14-12-10-8-6-4-2)33-36-45-37-34-44(35-38-45)32-29-40(42)39-41/h11,13,16-17,40H,3-10,12,14-15,18-39,41-42H2,1-2H3/b13-11-,17-16-. The fourth-order valence-electron chi connectivity index (χ4n) is 6.47. The second-order valence-corrected chi connectivity index (χ2v) is 14.1. The minimum absolute atomic E-state index is 0.155. The summed E-state index contributed by atoms with van der Waals surface area (Å²) in [7, 11) is 0. The van der Waals surface area contributed by atoms with Crippen LogP contribution in [0.2, 0.25) is 0 Å². The van der Waals surface area contributed by atoms with E-state index in [4.69, 9.17) is 11.5 Å². The molecule has 0 aliphatic carbocycles. The van der Waals surface area contributed by atoms with Gasteiger partial charge in [0.05, 0.1) is 0 Å². The minimum Gasteiger partial charge on any atom is -0.329 e. The predicted molar refractivity (Wildman–Crippen MR) is 202 cm³/mol. The molecule has 1 fully saturated rings. The van der Waals surface area contributed by atoms with Crippen molar-refractivity contribution >= 4 is 0 Å². The maximum absolute atomic E-state index is 6.04. The lowest BCUT2D eigenvalue weighted by Gasteiger charge is -2.36. The first-order chi connectivity index (χ1) is 22.2. The molecule has 1 aliphatic heterocycles. The number of nitrogens with two attached hydrogens (primary N) is 2. The minimum atomic E-state index is 0.155. The molecule has 5 heteroatoms. The van der Waals surface area contributed by atoms with Crippen LogP contribution >= 0.6 is 0 Å². The number of allylic oxidation sites excluding steroid dienone is 4. The van der Waals surface area contributed by atoms with Gasteiger partial charge in [0.2, 0.25) is 0 Å².